The summed E-state index contributed by atoms with van der Waals surface area (Å²) in [6.07, 6.45) is -1.81. The Bertz CT molecular complexity index is 300. The zero-order valence-corrected chi connectivity index (χ0v) is 9.02. The fourth-order valence-corrected chi connectivity index (χ4v) is 1.46. The first-order valence-corrected chi connectivity index (χ1v) is 4.73. The third-order valence-corrected chi connectivity index (χ3v) is 2.11. The van der Waals surface area contributed by atoms with Gasteiger partial charge in [-0.2, -0.15) is 0 Å². The third kappa shape index (κ3) is 3.13. The SMILES string of the molecule is C.CC(C)(C)CC(O)C1OC(=O)C(O)=C1O. The maximum absolute atomic E-state index is 10.9. The van der Waals surface area contributed by atoms with Gasteiger partial charge in [-0.15, -0.1) is 0 Å². The molecule has 0 fully saturated rings. The topological polar surface area (TPSA) is 87.0 Å². The van der Waals surface area contributed by atoms with Crippen molar-refractivity contribution in [2.75, 3.05) is 0 Å². The van der Waals surface area contributed by atoms with E-state index in [4.69, 9.17) is 5.11 Å². The van der Waals surface area contributed by atoms with Crippen LogP contribution in [-0.2, 0) is 9.53 Å². The zero-order valence-electron chi connectivity index (χ0n) is 9.02. The minimum Gasteiger partial charge on any atom is -0.505 e. The summed E-state index contributed by atoms with van der Waals surface area (Å²) in [7, 11) is 0. The molecule has 5 heteroatoms. The van der Waals surface area contributed by atoms with Crippen LogP contribution in [0.15, 0.2) is 11.5 Å². The quantitative estimate of drug-likeness (QED) is 0.630. The minimum absolute atomic E-state index is 0. The maximum atomic E-state index is 10.9. The number of aliphatic hydroxyl groups excluding tert-OH is 3. The molecule has 1 aliphatic rings. The predicted octanol–water partition coefficient (Wildman–Crippen LogP) is 1.67. The molecule has 0 aromatic rings. The summed E-state index contributed by atoms with van der Waals surface area (Å²) in [6, 6.07) is 0. The number of rotatable bonds is 2. The molecule has 0 aromatic heterocycles. The van der Waals surface area contributed by atoms with Crippen molar-refractivity contribution in [3.05, 3.63) is 11.5 Å². The van der Waals surface area contributed by atoms with Crippen molar-refractivity contribution in [1.29, 1.82) is 0 Å². The fraction of sp³-hybridized carbons (Fsp3) is 0.727. The Morgan fingerprint density at radius 3 is 2.19 bits per heavy atom. The molecule has 0 saturated heterocycles. The molecule has 0 spiro atoms. The molecular formula is C11H20O5. The van der Waals surface area contributed by atoms with Gasteiger partial charge in [0.25, 0.3) is 0 Å². The molecule has 5 nitrogen and oxygen atoms in total. The Morgan fingerprint density at radius 1 is 1.38 bits per heavy atom. The lowest BCUT2D eigenvalue weighted by Crippen LogP contribution is -2.32. The number of aliphatic hydroxyl groups is 3. The molecule has 0 radical (unpaired) electrons. The van der Waals surface area contributed by atoms with Crippen LogP contribution in [0.2, 0.25) is 0 Å². The van der Waals surface area contributed by atoms with Crippen LogP contribution in [0.4, 0.5) is 0 Å². The van der Waals surface area contributed by atoms with E-state index >= 15 is 0 Å². The monoisotopic (exact) mass is 232 g/mol. The lowest BCUT2D eigenvalue weighted by atomic mass is 9.87. The van der Waals surface area contributed by atoms with Gasteiger partial charge in [-0.25, -0.2) is 4.79 Å². The molecule has 94 valence electrons. The van der Waals surface area contributed by atoms with Gasteiger partial charge in [-0.05, 0) is 11.8 Å². The number of esters is 1. The van der Waals surface area contributed by atoms with Crippen molar-refractivity contribution < 1.29 is 24.9 Å². The summed E-state index contributed by atoms with van der Waals surface area (Å²) in [6.45, 7) is 5.73. The summed E-state index contributed by atoms with van der Waals surface area (Å²) in [5.41, 5.74) is -0.162. The summed E-state index contributed by atoms with van der Waals surface area (Å²) in [5, 5.41) is 28.1. The highest BCUT2D eigenvalue weighted by molar-refractivity contribution is 5.89. The lowest BCUT2D eigenvalue weighted by Gasteiger charge is -2.25. The van der Waals surface area contributed by atoms with Crippen LogP contribution in [0, 0.1) is 5.41 Å². The Hall–Kier alpha value is -1.23. The Kier molecular flexibility index (Phi) is 4.37. The number of cyclic esters (lactones) is 1. The van der Waals surface area contributed by atoms with E-state index in [1.807, 2.05) is 20.8 Å². The van der Waals surface area contributed by atoms with Gasteiger partial charge in [0.1, 0.15) is 0 Å². The van der Waals surface area contributed by atoms with E-state index in [-0.39, 0.29) is 12.8 Å². The predicted molar refractivity (Wildman–Crippen MR) is 59.0 cm³/mol. The van der Waals surface area contributed by atoms with Crippen LogP contribution >= 0.6 is 0 Å². The normalized spacial score (nSPS) is 22.8. The molecule has 16 heavy (non-hydrogen) atoms. The number of ether oxygens (including phenoxy) is 1. The van der Waals surface area contributed by atoms with E-state index in [2.05, 4.69) is 4.74 Å². The molecule has 0 bridgehead atoms. The van der Waals surface area contributed by atoms with Crippen molar-refractivity contribution in [3.63, 3.8) is 0 Å². The highest BCUT2D eigenvalue weighted by Gasteiger charge is 2.40. The van der Waals surface area contributed by atoms with Gasteiger partial charge in [0.05, 0.1) is 6.10 Å². The fourth-order valence-electron chi connectivity index (χ4n) is 1.46. The van der Waals surface area contributed by atoms with Crippen LogP contribution < -0.4 is 0 Å². The lowest BCUT2D eigenvalue weighted by molar-refractivity contribution is -0.147. The van der Waals surface area contributed by atoms with Gasteiger partial charge in [0, 0.05) is 0 Å². The number of carbonyl (C=O) groups excluding carboxylic acids is 1. The van der Waals surface area contributed by atoms with Crippen molar-refractivity contribution in [2.45, 2.75) is 46.8 Å². The van der Waals surface area contributed by atoms with Gasteiger partial charge in [0.15, 0.2) is 11.9 Å². The van der Waals surface area contributed by atoms with E-state index < -0.39 is 29.7 Å². The molecular weight excluding hydrogens is 212 g/mol. The van der Waals surface area contributed by atoms with Crippen molar-refractivity contribution >= 4 is 5.97 Å². The van der Waals surface area contributed by atoms with E-state index in [1.165, 1.54) is 0 Å². The molecule has 0 amide bonds. The molecule has 2 atom stereocenters. The van der Waals surface area contributed by atoms with Crippen LogP contribution in [0.25, 0.3) is 0 Å². The summed E-state index contributed by atoms with van der Waals surface area (Å²) in [5.74, 6) is -2.39. The van der Waals surface area contributed by atoms with Gasteiger partial charge >= 0.3 is 5.97 Å². The van der Waals surface area contributed by atoms with Crippen molar-refractivity contribution in [1.82, 2.24) is 0 Å². The van der Waals surface area contributed by atoms with E-state index in [0.29, 0.717) is 6.42 Å². The van der Waals surface area contributed by atoms with Crippen LogP contribution in [0.3, 0.4) is 0 Å². The molecule has 0 saturated carbocycles. The summed E-state index contributed by atoms with van der Waals surface area (Å²) in [4.78, 5) is 10.9. The van der Waals surface area contributed by atoms with Crippen molar-refractivity contribution in [3.8, 4) is 0 Å². The van der Waals surface area contributed by atoms with Gasteiger partial charge < -0.3 is 20.1 Å². The first kappa shape index (κ1) is 14.8. The van der Waals surface area contributed by atoms with E-state index in [9.17, 15) is 15.0 Å². The van der Waals surface area contributed by atoms with Gasteiger partial charge in [-0.1, -0.05) is 28.2 Å². The maximum Gasteiger partial charge on any atom is 0.377 e. The average molecular weight is 232 g/mol. The number of carbonyl (C=O) groups is 1. The van der Waals surface area contributed by atoms with Crippen LogP contribution in [-0.4, -0.2) is 33.5 Å². The number of hydrogen-bond acceptors (Lipinski definition) is 5. The largest absolute Gasteiger partial charge is 0.505 e. The minimum atomic E-state index is -1.14. The van der Waals surface area contributed by atoms with Gasteiger partial charge in [-0.3, -0.25) is 0 Å². The second-order valence-electron chi connectivity index (χ2n) is 4.89. The second-order valence-corrected chi connectivity index (χ2v) is 4.89. The molecule has 2 unspecified atom stereocenters. The van der Waals surface area contributed by atoms with Crippen molar-refractivity contribution in [2.24, 2.45) is 5.41 Å². The summed E-state index contributed by atoms with van der Waals surface area (Å²) < 4.78 is 4.63. The first-order chi connectivity index (χ1) is 6.72. The standard InChI is InChI=1S/C10H16O5.CH4/c1-10(2,3)4-5(11)8-6(12)7(13)9(14)15-8;/h5,8,11-13H,4H2,1-3H3;1H4. The smallest absolute Gasteiger partial charge is 0.377 e. The van der Waals surface area contributed by atoms with E-state index in [0.717, 1.165) is 0 Å². The second kappa shape index (κ2) is 4.74. The zero-order chi connectivity index (χ0) is 11.8. The molecule has 1 heterocycles. The molecule has 3 N–H and O–H groups in total. The first-order valence-electron chi connectivity index (χ1n) is 4.73. The van der Waals surface area contributed by atoms with Gasteiger partial charge in [0.2, 0.25) is 5.76 Å². The third-order valence-electron chi connectivity index (χ3n) is 2.11. The Labute approximate surface area is 95.4 Å². The molecule has 0 aliphatic carbocycles. The molecule has 1 aliphatic heterocycles. The Balaban J connectivity index is 0.00000225. The van der Waals surface area contributed by atoms with E-state index in [1.54, 1.807) is 0 Å². The summed E-state index contributed by atoms with van der Waals surface area (Å²) >= 11 is 0. The average Bonchev–Trinajstić information content (AvgIpc) is 2.30. The Morgan fingerprint density at radius 2 is 1.88 bits per heavy atom. The molecule has 0 aromatic carbocycles. The highest BCUT2D eigenvalue weighted by atomic mass is 16.6. The van der Waals surface area contributed by atoms with Crippen LogP contribution in [0.1, 0.15) is 34.6 Å². The van der Waals surface area contributed by atoms with Crippen LogP contribution in [0.5, 0.6) is 0 Å². The highest BCUT2D eigenvalue weighted by Crippen LogP contribution is 2.28. The molecule has 1 rings (SSSR count). The number of hydrogen-bond donors (Lipinski definition) is 3.